The maximum absolute atomic E-state index is 11.4. The van der Waals surface area contributed by atoms with Gasteiger partial charge < -0.3 is 20.3 Å². The first-order chi connectivity index (χ1) is 12.7. The van der Waals surface area contributed by atoms with Crippen molar-refractivity contribution in [1.82, 2.24) is 0 Å². The fourth-order valence-electron chi connectivity index (χ4n) is 2.61. The van der Waals surface area contributed by atoms with E-state index in [1.165, 1.54) is 19.9 Å². The van der Waals surface area contributed by atoms with Crippen LogP contribution in [-0.2, 0) is 20.8 Å². The lowest BCUT2D eigenvalue weighted by Crippen LogP contribution is -2.13. The number of carbonyl (C=O) groups is 3. The third kappa shape index (κ3) is 5.72. The number of rotatable bonds is 6. The van der Waals surface area contributed by atoms with Crippen molar-refractivity contribution in [1.29, 1.82) is 0 Å². The lowest BCUT2D eigenvalue weighted by molar-refractivity contribution is -0.141. The molecule has 0 spiro atoms. The zero-order chi connectivity index (χ0) is 20.1. The number of aliphatic carboxylic acids is 1. The van der Waals surface area contributed by atoms with Gasteiger partial charge in [0.15, 0.2) is 11.5 Å². The molecule has 0 unspecified atom stereocenters. The SMILES string of the molecule is CC(=O)Oc1ccc(-c2cccc(C[C@H](C)C(=O)O)c2N)cc1OC(C)=O.Cl. The van der Waals surface area contributed by atoms with Gasteiger partial charge in [-0.3, -0.25) is 14.4 Å². The predicted molar refractivity (Wildman–Crippen MR) is 107 cm³/mol. The highest BCUT2D eigenvalue weighted by molar-refractivity contribution is 5.85. The van der Waals surface area contributed by atoms with E-state index in [2.05, 4.69) is 0 Å². The normalized spacial score (nSPS) is 11.1. The zero-order valence-corrected chi connectivity index (χ0v) is 16.5. The molecule has 0 aliphatic rings. The average molecular weight is 408 g/mol. The van der Waals surface area contributed by atoms with Gasteiger partial charge in [0.1, 0.15) is 0 Å². The van der Waals surface area contributed by atoms with Crippen molar-refractivity contribution in [2.24, 2.45) is 5.92 Å². The molecular formula is C20H22ClNO6. The topological polar surface area (TPSA) is 116 Å². The molecule has 150 valence electrons. The number of carboxylic acid groups (broad SMARTS) is 1. The minimum atomic E-state index is -0.900. The number of nitrogens with two attached hydrogens (primary N) is 1. The fourth-order valence-corrected chi connectivity index (χ4v) is 2.61. The number of carboxylic acids is 1. The second-order valence-corrected chi connectivity index (χ2v) is 6.17. The van der Waals surface area contributed by atoms with Crippen LogP contribution in [0.1, 0.15) is 26.3 Å². The summed E-state index contributed by atoms with van der Waals surface area (Å²) < 4.78 is 10.2. The lowest BCUT2D eigenvalue weighted by Gasteiger charge is -2.15. The van der Waals surface area contributed by atoms with Crippen LogP contribution >= 0.6 is 12.4 Å². The first kappa shape index (κ1) is 23.0. The number of hydrogen-bond acceptors (Lipinski definition) is 6. The number of benzene rings is 2. The Morgan fingerprint density at radius 2 is 1.64 bits per heavy atom. The molecule has 8 heteroatoms. The van der Waals surface area contributed by atoms with Gasteiger partial charge in [0.05, 0.1) is 5.92 Å². The third-order valence-corrected chi connectivity index (χ3v) is 3.91. The van der Waals surface area contributed by atoms with Crippen LogP contribution < -0.4 is 15.2 Å². The second-order valence-electron chi connectivity index (χ2n) is 6.17. The molecule has 0 radical (unpaired) electrons. The van der Waals surface area contributed by atoms with Gasteiger partial charge in [-0.25, -0.2) is 0 Å². The lowest BCUT2D eigenvalue weighted by atomic mass is 9.94. The van der Waals surface area contributed by atoms with Crippen molar-refractivity contribution in [3.05, 3.63) is 42.0 Å². The Morgan fingerprint density at radius 1 is 1.04 bits per heavy atom. The quantitative estimate of drug-likeness (QED) is 0.427. The van der Waals surface area contributed by atoms with Gasteiger partial charge in [-0.15, -0.1) is 12.4 Å². The average Bonchev–Trinajstić information content (AvgIpc) is 2.57. The van der Waals surface area contributed by atoms with E-state index in [-0.39, 0.29) is 30.3 Å². The molecule has 0 aromatic heterocycles. The Hall–Kier alpha value is -3.06. The summed E-state index contributed by atoms with van der Waals surface area (Å²) in [7, 11) is 0. The summed E-state index contributed by atoms with van der Waals surface area (Å²) in [6.45, 7) is 4.10. The first-order valence-corrected chi connectivity index (χ1v) is 8.30. The van der Waals surface area contributed by atoms with Gasteiger partial charge in [-0.2, -0.15) is 0 Å². The number of ether oxygens (including phenoxy) is 2. The summed E-state index contributed by atoms with van der Waals surface area (Å²) in [5.41, 5.74) is 8.70. The van der Waals surface area contributed by atoms with Gasteiger partial charge in [0.2, 0.25) is 0 Å². The van der Waals surface area contributed by atoms with Crippen LogP contribution in [0.4, 0.5) is 5.69 Å². The van der Waals surface area contributed by atoms with Crippen molar-refractivity contribution in [3.8, 4) is 22.6 Å². The van der Waals surface area contributed by atoms with Crippen molar-refractivity contribution >= 4 is 36.0 Å². The van der Waals surface area contributed by atoms with E-state index in [9.17, 15) is 14.4 Å². The number of carbonyl (C=O) groups excluding carboxylic acids is 2. The zero-order valence-electron chi connectivity index (χ0n) is 15.7. The summed E-state index contributed by atoms with van der Waals surface area (Å²) in [6, 6.07) is 10.1. The Labute approximate surface area is 168 Å². The largest absolute Gasteiger partial charge is 0.481 e. The molecule has 0 fully saturated rings. The molecule has 0 saturated heterocycles. The standard InChI is InChI=1S/C20H21NO6.ClH/c1-11(20(24)25)9-15-5-4-6-16(19(15)21)14-7-8-17(26-12(2)22)18(10-14)27-13(3)23;/h4-8,10-11H,9,21H2,1-3H3,(H,24,25);1H/t11-;/m0./s1. The number of hydrogen-bond donors (Lipinski definition) is 2. The fraction of sp³-hybridized carbons (Fsp3) is 0.250. The molecule has 7 nitrogen and oxygen atoms in total. The maximum Gasteiger partial charge on any atom is 0.308 e. The first-order valence-electron chi connectivity index (χ1n) is 8.30. The van der Waals surface area contributed by atoms with Gasteiger partial charge in [0.25, 0.3) is 0 Å². The third-order valence-electron chi connectivity index (χ3n) is 3.91. The molecule has 3 N–H and O–H groups in total. The molecule has 2 aromatic rings. The van der Waals surface area contributed by atoms with Crippen molar-refractivity contribution in [2.75, 3.05) is 5.73 Å². The smallest absolute Gasteiger partial charge is 0.308 e. The Balaban J connectivity index is 0.00000392. The van der Waals surface area contributed by atoms with Gasteiger partial charge in [-0.05, 0) is 29.7 Å². The van der Waals surface area contributed by atoms with E-state index >= 15 is 0 Å². The van der Waals surface area contributed by atoms with Crippen LogP contribution in [0.3, 0.4) is 0 Å². The van der Waals surface area contributed by atoms with Crippen LogP contribution in [0.25, 0.3) is 11.1 Å². The summed E-state index contributed by atoms with van der Waals surface area (Å²) >= 11 is 0. The number of anilines is 1. The highest BCUT2D eigenvalue weighted by atomic mass is 35.5. The Kier molecular flexibility index (Phi) is 8.00. The van der Waals surface area contributed by atoms with E-state index in [4.69, 9.17) is 20.3 Å². The molecule has 0 aliphatic heterocycles. The van der Waals surface area contributed by atoms with E-state index in [0.29, 0.717) is 22.4 Å². The highest BCUT2D eigenvalue weighted by Gasteiger charge is 2.17. The molecule has 0 saturated carbocycles. The molecule has 0 bridgehead atoms. The Bertz CT molecular complexity index is 896. The van der Waals surface area contributed by atoms with Gasteiger partial charge in [-0.1, -0.05) is 31.2 Å². The van der Waals surface area contributed by atoms with Crippen molar-refractivity contribution in [2.45, 2.75) is 27.2 Å². The van der Waals surface area contributed by atoms with E-state index < -0.39 is 23.8 Å². The van der Waals surface area contributed by atoms with E-state index in [1.807, 2.05) is 0 Å². The van der Waals surface area contributed by atoms with Crippen LogP contribution in [0.2, 0.25) is 0 Å². The summed E-state index contributed by atoms with van der Waals surface area (Å²) in [5.74, 6) is -2.36. The number of nitrogen functional groups attached to an aromatic ring is 1. The number of halogens is 1. The predicted octanol–water partition coefficient (Wildman–Crippen LogP) is 3.47. The minimum absolute atomic E-state index is 0. The van der Waals surface area contributed by atoms with Crippen LogP contribution in [0.15, 0.2) is 36.4 Å². The van der Waals surface area contributed by atoms with E-state index in [0.717, 1.165) is 0 Å². The van der Waals surface area contributed by atoms with Crippen molar-refractivity contribution < 1.29 is 29.0 Å². The molecule has 0 heterocycles. The molecule has 1 atom stereocenters. The molecular weight excluding hydrogens is 386 g/mol. The number of esters is 2. The van der Waals surface area contributed by atoms with Crippen LogP contribution in [0.5, 0.6) is 11.5 Å². The monoisotopic (exact) mass is 407 g/mol. The summed E-state index contributed by atoms with van der Waals surface area (Å²) in [4.78, 5) is 33.7. The van der Waals surface area contributed by atoms with Gasteiger partial charge >= 0.3 is 17.9 Å². The van der Waals surface area contributed by atoms with E-state index in [1.54, 1.807) is 37.3 Å². The maximum atomic E-state index is 11.4. The Morgan fingerprint density at radius 3 is 2.21 bits per heavy atom. The molecule has 2 rings (SSSR count). The summed E-state index contributed by atoms with van der Waals surface area (Å²) in [6.07, 6.45) is 0.289. The summed E-state index contributed by atoms with van der Waals surface area (Å²) in [5, 5.41) is 9.11. The molecule has 0 amide bonds. The van der Waals surface area contributed by atoms with Gasteiger partial charge in [0, 0.05) is 25.1 Å². The molecule has 28 heavy (non-hydrogen) atoms. The minimum Gasteiger partial charge on any atom is -0.481 e. The number of para-hydroxylation sites is 1. The van der Waals surface area contributed by atoms with Crippen LogP contribution in [0, 0.1) is 5.92 Å². The van der Waals surface area contributed by atoms with Crippen molar-refractivity contribution in [3.63, 3.8) is 0 Å². The van der Waals surface area contributed by atoms with Crippen LogP contribution in [-0.4, -0.2) is 23.0 Å². The molecule has 2 aromatic carbocycles. The second kappa shape index (κ2) is 9.75. The molecule has 0 aliphatic carbocycles. The highest BCUT2D eigenvalue weighted by Crippen LogP contribution is 2.36.